The minimum Gasteiger partial charge on any atom is -0.497 e. The molecule has 6 nitrogen and oxygen atoms in total. The van der Waals surface area contributed by atoms with E-state index < -0.39 is 18.5 Å². The molecule has 0 atom stereocenters. The number of carbonyl (C=O) groups is 2. The van der Waals surface area contributed by atoms with Crippen LogP contribution in [0.4, 0.5) is 0 Å². The van der Waals surface area contributed by atoms with Crippen molar-refractivity contribution in [1.29, 1.82) is 0 Å². The van der Waals surface area contributed by atoms with Gasteiger partial charge in [-0.1, -0.05) is 29.3 Å². The monoisotopic (exact) mass is 432 g/mol. The van der Waals surface area contributed by atoms with E-state index in [1.807, 2.05) is 0 Å². The van der Waals surface area contributed by atoms with E-state index in [4.69, 9.17) is 32.7 Å². The molecular weight excluding hydrogens is 415 g/mol. The number of benzene rings is 2. The summed E-state index contributed by atoms with van der Waals surface area (Å²) in [5.74, 6) is -0.384. The number of hydrogen-bond donors (Lipinski definition) is 1. The zero-order chi connectivity index (χ0) is 21.0. The van der Waals surface area contributed by atoms with Crippen LogP contribution < -0.4 is 10.1 Å². The highest BCUT2D eigenvalue weighted by Crippen LogP contribution is 2.22. The Balaban J connectivity index is 1.61. The van der Waals surface area contributed by atoms with Crippen LogP contribution in [0.15, 0.2) is 42.5 Å². The van der Waals surface area contributed by atoms with Crippen molar-refractivity contribution in [2.24, 2.45) is 0 Å². The molecule has 1 heterocycles. The van der Waals surface area contributed by atoms with Crippen LogP contribution in [0.3, 0.4) is 0 Å². The summed E-state index contributed by atoms with van der Waals surface area (Å²) in [6, 6.07) is 12.0. The molecule has 1 amide bonds. The number of fused-ring (bicyclic) bond motifs is 1. The topological polar surface area (TPSA) is 77.5 Å². The van der Waals surface area contributed by atoms with Crippen LogP contribution in [-0.2, 0) is 16.1 Å². The number of rotatable bonds is 6. The third-order valence-corrected chi connectivity index (χ3v) is 4.85. The summed E-state index contributed by atoms with van der Waals surface area (Å²) in [4.78, 5) is 28.8. The Bertz CT molecular complexity index is 1090. The molecule has 3 rings (SSSR count). The molecule has 2 aromatic carbocycles. The van der Waals surface area contributed by atoms with Crippen LogP contribution in [0.5, 0.6) is 5.75 Å². The van der Waals surface area contributed by atoms with Crippen molar-refractivity contribution in [1.82, 2.24) is 10.3 Å². The standard InChI is InChI=1S/C21H18Cl2N2O4/c1-12-17(7-13-4-6-16(28-2)9-19(13)25-12)21(27)29-11-20(26)24-10-14-3-5-15(22)8-18(14)23/h3-9H,10-11H2,1-2H3,(H,24,26). The molecule has 1 N–H and O–H groups in total. The predicted octanol–water partition coefficient (Wildman–Crippen LogP) is 4.33. The summed E-state index contributed by atoms with van der Waals surface area (Å²) in [6.45, 7) is 1.49. The van der Waals surface area contributed by atoms with Crippen molar-refractivity contribution in [2.45, 2.75) is 13.5 Å². The van der Waals surface area contributed by atoms with E-state index in [-0.39, 0.29) is 6.54 Å². The average molecular weight is 433 g/mol. The normalized spacial score (nSPS) is 10.6. The number of aromatic nitrogens is 1. The molecular formula is C21H18Cl2N2O4. The number of aryl methyl sites for hydroxylation is 1. The molecule has 1 aromatic heterocycles. The van der Waals surface area contributed by atoms with Crippen molar-refractivity contribution in [2.75, 3.05) is 13.7 Å². The van der Waals surface area contributed by atoms with Gasteiger partial charge in [-0.3, -0.25) is 9.78 Å². The van der Waals surface area contributed by atoms with E-state index in [1.165, 1.54) is 0 Å². The Morgan fingerprint density at radius 2 is 1.90 bits per heavy atom. The molecule has 0 fully saturated rings. The van der Waals surface area contributed by atoms with Crippen LogP contribution in [-0.4, -0.2) is 30.6 Å². The van der Waals surface area contributed by atoms with E-state index >= 15 is 0 Å². The van der Waals surface area contributed by atoms with Gasteiger partial charge in [0.15, 0.2) is 6.61 Å². The summed E-state index contributed by atoms with van der Waals surface area (Å²) in [5.41, 5.74) is 2.22. The minimum absolute atomic E-state index is 0.199. The van der Waals surface area contributed by atoms with E-state index in [9.17, 15) is 9.59 Å². The Morgan fingerprint density at radius 3 is 2.62 bits per heavy atom. The van der Waals surface area contributed by atoms with Crippen LogP contribution in [0, 0.1) is 6.92 Å². The van der Waals surface area contributed by atoms with Crippen LogP contribution >= 0.6 is 23.2 Å². The first kappa shape index (κ1) is 20.9. The summed E-state index contributed by atoms with van der Waals surface area (Å²) >= 11 is 11.9. The van der Waals surface area contributed by atoms with Crippen LogP contribution in [0.25, 0.3) is 10.9 Å². The van der Waals surface area contributed by atoms with Gasteiger partial charge in [0.1, 0.15) is 5.75 Å². The number of pyridine rings is 1. The lowest BCUT2D eigenvalue weighted by molar-refractivity contribution is -0.124. The first-order valence-electron chi connectivity index (χ1n) is 8.70. The Kier molecular flexibility index (Phi) is 6.56. The SMILES string of the molecule is COc1ccc2cc(C(=O)OCC(=O)NCc3ccc(Cl)cc3Cl)c(C)nc2c1. The molecule has 0 aliphatic heterocycles. The highest BCUT2D eigenvalue weighted by Gasteiger charge is 2.15. The molecule has 0 saturated heterocycles. The predicted molar refractivity (Wildman–Crippen MR) is 112 cm³/mol. The first-order valence-corrected chi connectivity index (χ1v) is 9.46. The summed E-state index contributed by atoms with van der Waals surface area (Å²) in [6.07, 6.45) is 0. The lowest BCUT2D eigenvalue weighted by Crippen LogP contribution is -2.28. The molecule has 3 aromatic rings. The Labute approximate surface area is 177 Å². The highest BCUT2D eigenvalue weighted by atomic mass is 35.5. The van der Waals surface area contributed by atoms with Gasteiger partial charge >= 0.3 is 5.97 Å². The van der Waals surface area contributed by atoms with Crippen molar-refractivity contribution >= 4 is 46.0 Å². The van der Waals surface area contributed by atoms with Gasteiger partial charge in [-0.25, -0.2) is 4.79 Å². The fraction of sp³-hybridized carbons (Fsp3) is 0.190. The largest absolute Gasteiger partial charge is 0.497 e. The first-order chi connectivity index (χ1) is 13.9. The molecule has 29 heavy (non-hydrogen) atoms. The molecule has 0 saturated carbocycles. The van der Waals surface area contributed by atoms with Crippen molar-refractivity contribution in [3.63, 3.8) is 0 Å². The van der Waals surface area contributed by atoms with Gasteiger partial charge in [-0.2, -0.15) is 0 Å². The number of halogens is 2. The third kappa shape index (κ3) is 5.16. The van der Waals surface area contributed by atoms with Gasteiger partial charge in [0.2, 0.25) is 0 Å². The van der Waals surface area contributed by atoms with Gasteiger partial charge in [0, 0.05) is 28.0 Å². The molecule has 150 valence electrons. The number of ether oxygens (including phenoxy) is 2. The van der Waals surface area contributed by atoms with Gasteiger partial charge < -0.3 is 14.8 Å². The quantitative estimate of drug-likeness (QED) is 0.586. The summed E-state index contributed by atoms with van der Waals surface area (Å²) < 4.78 is 10.3. The van der Waals surface area contributed by atoms with Gasteiger partial charge in [0.05, 0.1) is 23.9 Å². The van der Waals surface area contributed by atoms with E-state index in [1.54, 1.807) is 56.5 Å². The smallest absolute Gasteiger partial charge is 0.340 e. The number of methoxy groups -OCH3 is 1. The zero-order valence-electron chi connectivity index (χ0n) is 15.8. The summed E-state index contributed by atoms with van der Waals surface area (Å²) in [5, 5.41) is 4.38. The lowest BCUT2D eigenvalue weighted by Gasteiger charge is -2.10. The number of nitrogens with one attached hydrogen (secondary N) is 1. The lowest BCUT2D eigenvalue weighted by atomic mass is 10.1. The van der Waals surface area contributed by atoms with Crippen LogP contribution in [0.1, 0.15) is 21.6 Å². The molecule has 0 bridgehead atoms. The van der Waals surface area contributed by atoms with E-state index in [0.717, 1.165) is 5.39 Å². The van der Waals surface area contributed by atoms with E-state index in [2.05, 4.69) is 10.3 Å². The van der Waals surface area contributed by atoms with Crippen molar-refractivity contribution < 1.29 is 19.1 Å². The molecule has 0 aliphatic carbocycles. The van der Waals surface area contributed by atoms with Crippen molar-refractivity contribution in [3.8, 4) is 5.75 Å². The fourth-order valence-electron chi connectivity index (χ4n) is 2.70. The number of nitrogens with zero attached hydrogens (tertiary/aromatic N) is 1. The number of hydrogen-bond acceptors (Lipinski definition) is 5. The van der Waals surface area contributed by atoms with Gasteiger partial charge in [-0.15, -0.1) is 0 Å². The molecule has 0 spiro atoms. The maximum Gasteiger partial charge on any atom is 0.340 e. The maximum absolute atomic E-state index is 12.4. The second-order valence-electron chi connectivity index (χ2n) is 6.27. The average Bonchev–Trinajstić information content (AvgIpc) is 2.70. The fourth-order valence-corrected chi connectivity index (χ4v) is 3.17. The van der Waals surface area contributed by atoms with Gasteiger partial charge in [-0.05, 0) is 42.8 Å². The molecule has 8 heteroatoms. The third-order valence-electron chi connectivity index (χ3n) is 4.26. The number of esters is 1. The van der Waals surface area contributed by atoms with Crippen LogP contribution in [0.2, 0.25) is 10.0 Å². The number of carbonyl (C=O) groups excluding carboxylic acids is 2. The van der Waals surface area contributed by atoms with Crippen molar-refractivity contribution in [3.05, 3.63) is 69.3 Å². The molecule has 0 aliphatic rings. The maximum atomic E-state index is 12.4. The molecule has 0 unspecified atom stereocenters. The highest BCUT2D eigenvalue weighted by molar-refractivity contribution is 6.35. The summed E-state index contributed by atoms with van der Waals surface area (Å²) in [7, 11) is 1.58. The number of amides is 1. The zero-order valence-corrected chi connectivity index (χ0v) is 17.3. The minimum atomic E-state index is -0.618. The van der Waals surface area contributed by atoms with E-state index in [0.29, 0.717) is 38.1 Å². The second kappa shape index (κ2) is 9.11. The second-order valence-corrected chi connectivity index (χ2v) is 7.11. The Morgan fingerprint density at radius 1 is 1.10 bits per heavy atom. The molecule has 0 radical (unpaired) electrons. The Hall–Kier alpha value is -2.83. The van der Waals surface area contributed by atoms with Gasteiger partial charge in [0.25, 0.3) is 5.91 Å².